The minimum absolute atomic E-state index is 0.722. The van der Waals surface area contributed by atoms with Crippen molar-refractivity contribution in [2.24, 2.45) is 7.05 Å². The molecular weight excluding hydrogens is 128 g/mol. The topological polar surface area (TPSA) is 31.0 Å². The number of rotatable bonds is 0. The van der Waals surface area contributed by atoms with Crippen molar-refractivity contribution in [3.05, 3.63) is 18.2 Å². The van der Waals surface area contributed by atoms with Crippen LogP contribution in [0.25, 0.3) is 11.2 Å². The van der Waals surface area contributed by atoms with Crippen molar-refractivity contribution >= 4 is 11.2 Å². The predicted octanol–water partition coefficient (Wildman–Crippen LogP) is 1.47. The summed E-state index contributed by atoms with van der Waals surface area (Å²) in [4.78, 5) is 4.04. The van der Waals surface area contributed by atoms with Crippen LogP contribution < -0.4 is 0 Å². The highest BCUT2D eigenvalue weighted by molar-refractivity contribution is 5.69. The molecule has 2 aromatic heterocycles. The van der Waals surface area contributed by atoms with Gasteiger partial charge in [0, 0.05) is 13.1 Å². The Morgan fingerprint density at radius 1 is 1.60 bits per heavy atom. The molecule has 0 aliphatic heterocycles. The fraction of sp³-hybridized carbons (Fsp3) is 0.286. The molecule has 0 amide bonds. The number of aromatic nitrogens is 2. The molecule has 3 heteroatoms. The molecule has 0 saturated carbocycles. The van der Waals surface area contributed by atoms with Gasteiger partial charge < -0.3 is 8.98 Å². The number of nitrogens with zero attached hydrogens (tertiary/aromatic N) is 2. The fourth-order valence-electron chi connectivity index (χ4n) is 1.03. The smallest absolute Gasteiger partial charge is 0.244 e. The van der Waals surface area contributed by atoms with Crippen molar-refractivity contribution in [1.29, 1.82) is 0 Å². The van der Waals surface area contributed by atoms with Gasteiger partial charge in [-0.25, -0.2) is 4.98 Å². The van der Waals surface area contributed by atoms with Gasteiger partial charge in [0.1, 0.15) is 11.3 Å². The molecule has 0 spiro atoms. The van der Waals surface area contributed by atoms with Gasteiger partial charge in [0.05, 0.1) is 6.33 Å². The minimum Gasteiger partial charge on any atom is -0.442 e. The van der Waals surface area contributed by atoms with Gasteiger partial charge in [-0.1, -0.05) is 0 Å². The van der Waals surface area contributed by atoms with Crippen LogP contribution >= 0.6 is 0 Å². The average molecular weight is 136 g/mol. The molecule has 3 nitrogen and oxygen atoms in total. The largest absolute Gasteiger partial charge is 0.442 e. The Labute approximate surface area is 58.3 Å². The van der Waals surface area contributed by atoms with Crippen LogP contribution in [0.2, 0.25) is 0 Å². The lowest BCUT2D eigenvalue weighted by atomic mass is 10.5. The van der Waals surface area contributed by atoms with Crippen LogP contribution in [0.3, 0.4) is 0 Å². The van der Waals surface area contributed by atoms with Crippen molar-refractivity contribution in [2.45, 2.75) is 6.92 Å². The number of furan rings is 1. The Kier molecular flexibility index (Phi) is 0.897. The van der Waals surface area contributed by atoms with E-state index in [-0.39, 0.29) is 0 Å². The maximum absolute atomic E-state index is 5.26. The summed E-state index contributed by atoms with van der Waals surface area (Å²) in [7, 11) is 1.95. The van der Waals surface area contributed by atoms with E-state index in [1.54, 1.807) is 6.33 Å². The van der Waals surface area contributed by atoms with Gasteiger partial charge in [0.15, 0.2) is 0 Å². The standard InChI is InChI=1S/C7H8N2O/c1-5-3-6-7(10-5)8-4-9(6)2/h3-4H,1-2H3. The first kappa shape index (κ1) is 5.53. The van der Waals surface area contributed by atoms with E-state index in [0.29, 0.717) is 0 Å². The number of hydrogen-bond acceptors (Lipinski definition) is 2. The molecule has 0 unspecified atom stereocenters. The van der Waals surface area contributed by atoms with Gasteiger partial charge in [-0.15, -0.1) is 0 Å². The molecule has 0 saturated heterocycles. The Bertz CT molecular complexity index is 358. The van der Waals surface area contributed by atoms with Crippen LogP contribution in [0.1, 0.15) is 5.76 Å². The van der Waals surface area contributed by atoms with Crippen molar-refractivity contribution in [3.63, 3.8) is 0 Å². The zero-order valence-corrected chi connectivity index (χ0v) is 5.96. The van der Waals surface area contributed by atoms with Gasteiger partial charge in [-0.3, -0.25) is 0 Å². The molecule has 0 N–H and O–H groups in total. The highest BCUT2D eigenvalue weighted by Crippen LogP contribution is 2.15. The van der Waals surface area contributed by atoms with Gasteiger partial charge in [0.2, 0.25) is 5.71 Å². The highest BCUT2D eigenvalue weighted by Gasteiger charge is 2.02. The molecule has 2 rings (SSSR count). The molecule has 0 radical (unpaired) electrons. The lowest BCUT2D eigenvalue weighted by Crippen LogP contribution is -1.80. The van der Waals surface area contributed by atoms with E-state index in [1.807, 2.05) is 24.6 Å². The molecule has 2 aromatic rings. The number of aryl methyl sites for hydroxylation is 2. The number of imidazole rings is 1. The van der Waals surface area contributed by atoms with E-state index in [2.05, 4.69) is 4.98 Å². The van der Waals surface area contributed by atoms with Gasteiger partial charge in [-0.05, 0) is 6.92 Å². The van der Waals surface area contributed by atoms with Gasteiger partial charge in [0.25, 0.3) is 0 Å². The second-order valence-corrected chi connectivity index (χ2v) is 2.40. The maximum atomic E-state index is 5.26. The van der Waals surface area contributed by atoms with Gasteiger partial charge >= 0.3 is 0 Å². The molecule has 0 aliphatic carbocycles. The zero-order valence-electron chi connectivity index (χ0n) is 5.96. The molecule has 0 aliphatic rings. The highest BCUT2D eigenvalue weighted by atomic mass is 16.3. The van der Waals surface area contributed by atoms with Crippen molar-refractivity contribution in [3.8, 4) is 0 Å². The van der Waals surface area contributed by atoms with E-state index in [4.69, 9.17) is 4.42 Å². The molecular formula is C7H8N2O. The number of hydrogen-bond donors (Lipinski definition) is 0. The van der Waals surface area contributed by atoms with Crippen LogP contribution in [-0.2, 0) is 7.05 Å². The molecule has 10 heavy (non-hydrogen) atoms. The Balaban J connectivity index is 2.90. The first-order valence-corrected chi connectivity index (χ1v) is 3.15. The Hall–Kier alpha value is -1.25. The summed E-state index contributed by atoms with van der Waals surface area (Å²) < 4.78 is 7.19. The van der Waals surface area contributed by atoms with E-state index in [9.17, 15) is 0 Å². The van der Waals surface area contributed by atoms with E-state index < -0.39 is 0 Å². The van der Waals surface area contributed by atoms with Crippen LogP contribution in [-0.4, -0.2) is 9.55 Å². The lowest BCUT2D eigenvalue weighted by Gasteiger charge is -1.83. The van der Waals surface area contributed by atoms with Crippen LogP contribution in [0, 0.1) is 6.92 Å². The summed E-state index contributed by atoms with van der Waals surface area (Å²) in [6.07, 6.45) is 1.74. The molecule has 0 fully saturated rings. The summed E-state index contributed by atoms with van der Waals surface area (Å²) in [6, 6.07) is 1.97. The third kappa shape index (κ3) is 0.572. The van der Waals surface area contributed by atoms with Crippen molar-refractivity contribution in [2.75, 3.05) is 0 Å². The molecule has 52 valence electrons. The summed E-state index contributed by atoms with van der Waals surface area (Å²) in [6.45, 7) is 1.92. The SMILES string of the molecule is Cc1cc2c(ncn2C)o1. The summed E-state index contributed by atoms with van der Waals surface area (Å²) in [5.41, 5.74) is 1.78. The number of fused-ring (bicyclic) bond motifs is 1. The third-order valence-corrected chi connectivity index (χ3v) is 1.54. The van der Waals surface area contributed by atoms with E-state index in [1.165, 1.54) is 0 Å². The van der Waals surface area contributed by atoms with Crippen LogP contribution in [0.15, 0.2) is 16.8 Å². The first-order chi connectivity index (χ1) is 4.77. The summed E-state index contributed by atoms with van der Waals surface area (Å²) in [5, 5.41) is 0. The molecule has 0 bridgehead atoms. The van der Waals surface area contributed by atoms with E-state index in [0.717, 1.165) is 17.0 Å². The summed E-state index contributed by atoms with van der Waals surface area (Å²) >= 11 is 0. The molecule has 0 atom stereocenters. The Morgan fingerprint density at radius 3 is 3.10 bits per heavy atom. The molecule has 0 aromatic carbocycles. The second-order valence-electron chi connectivity index (χ2n) is 2.40. The predicted molar refractivity (Wildman–Crippen MR) is 37.7 cm³/mol. The monoisotopic (exact) mass is 136 g/mol. The first-order valence-electron chi connectivity index (χ1n) is 3.15. The summed E-state index contributed by atoms with van der Waals surface area (Å²) in [5.74, 6) is 0.911. The fourth-order valence-corrected chi connectivity index (χ4v) is 1.03. The normalized spacial score (nSPS) is 11.0. The average Bonchev–Trinajstić information content (AvgIpc) is 2.35. The zero-order chi connectivity index (χ0) is 7.14. The second kappa shape index (κ2) is 1.62. The van der Waals surface area contributed by atoms with E-state index >= 15 is 0 Å². The van der Waals surface area contributed by atoms with Crippen LogP contribution in [0.5, 0.6) is 0 Å². The van der Waals surface area contributed by atoms with Crippen molar-refractivity contribution < 1.29 is 4.42 Å². The lowest BCUT2D eigenvalue weighted by molar-refractivity contribution is 0.568. The molecule has 2 heterocycles. The van der Waals surface area contributed by atoms with Gasteiger partial charge in [-0.2, -0.15) is 0 Å². The quantitative estimate of drug-likeness (QED) is 0.549. The Morgan fingerprint density at radius 2 is 2.40 bits per heavy atom. The third-order valence-electron chi connectivity index (χ3n) is 1.54. The van der Waals surface area contributed by atoms with Crippen molar-refractivity contribution in [1.82, 2.24) is 9.55 Å². The maximum Gasteiger partial charge on any atom is 0.244 e. The minimum atomic E-state index is 0.722. The van der Waals surface area contributed by atoms with Crippen LogP contribution in [0.4, 0.5) is 0 Å².